The maximum Gasteiger partial charge on any atom is 0.237 e. The van der Waals surface area contributed by atoms with Crippen LogP contribution in [0, 0.1) is 6.92 Å². The summed E-state index contributed by atoms with van der Waals surface area (Å²) in [7, 11) is 0. The number of nitrogens with one attached hydrogen (secondary N) is 1. The lowest BCUT2D eigenvalue weighted by atomic mass is 9.95. The van der Waals surface area contributed by atoms with E-state index in [1.165, 1.54) is 16.8 Å². The Bertz CT molecular complexity index is 689. The van der Waals surface area contributed by atoms with Crippen molar-refractivity contribution in [1.29, 1.82) is 0 Å². The highest BCUT2D eigenvalue weighted by Crippen LogP contribution is 2.33. The first-order chi connectivity index (χ1) is 11.1. The molecule has 0 saturated heterocycles. The van der Waals surface area contributed by atoms with Crippen molar-refractivity contribution < 1.29 is 4.79 Å². The average Bonchev–Trinajstić information content (AvgIpc) is 3.01. The molecule has 1 aromatic heterocycles. The van der Waals surface area contributed by atoms with Crippen molar-refractivity contribution in [3.05, 3.63) is 59.4 Å². The van der Waals surface area contributed by atoms with Crippen LogP contribution in [-0.2, 0) is 11.3 Å². The van der Waals surface area contributed by atoms with Crippen molar-refractivity contribution in [1.82, 2.24) is 14.8 Å². The van der Waals surface area contributed by atoms with Gasteiger partial charge in [0.1, 0.15) is 0 Å². The number of aryl methyl sites for hydroxylation is 1. The highest BCUT2D eigenvalue weighted by molar-refractivity contribution is 5.79. The molecule has 2 heterocycles. The Balaban J connectivity index is 1.96. The molecule has 3 rings (SSSR count). The summed E-state index contributed by atoms with van der Waals surface area (Å²) in [5.41, 5.74) is 3.63. The van der Waals surface area contributed by atoms with E-state index in [-0.39, 0.29) is 11.9 Å². The van der Waals surface area contributed by atoms with Gasteiger partial charge in [0.15, 0.2) is 0 Å². The molecule has 4 nitrogen and oxygen atoms in total. The number of hydrogen-bond acceptors (Lipinski definition) is 2. The third kappa shape index (κ3) is 3.17. The molecule has 4 heteroatoms. The second-order valence-electron chi connectivity index (χ2n) is 6.51. The highest BCUT2D eigenvalue weighted by Gasteiger charge is 2.32. The number of hydrogen-bond donors (Lipinski definition) is 1. The van der Waals surface area contributed by atoms with Gasteiger partial charge in [-0.2, -0.15) is 0 Å². The highest BCUT2D eigenvalue weighted by atomic mass is 16.2. The SMILES string of the molecule is Cc1ccccc1C1c2cccn2CCN1C(=O)CNC(C)C. The Morgan fingerprint density at radius 2 is 2.00 bits per heavy atom. The Morgan fingerprint density at radius 3 is 2.74 bits per heavy atom. The van der Waals surface area contributed by atoms with Crippen molar-refractivity contribution in [3.8, 4) is 0 Å². The number of carbonyl (C=O) groups excluding carboxylic acids is 1. The summed E-state index contributed by atoms with van der Waals surface area (Å²) in [6, 6.07) is 12.9. The molecule has 1 atom stereocenters. The lowest BCUT2D eigenvalue weighted by Gasteiger charge is -2.38. The fourth-order valence-electron chi connectivity index (χ4n) is 3.27. The zero-order valence-electron chi connectivity index (χ0n) is 14.1. The molecule has 122 valence electrons. The number of nitrogens with zero attached hydrogens (tertiary/aromatic N) is 2. The predicted molar refractivity (Wildman–Crippen MR) is 92.3 cm³/mol. The Morgan fingerprint density at radius 1 is 1.22 bits per heavy atom. The first-order valence-corrected chi connectivity index (χ1v) is 8.31. The maximum absolute atomic E-state index is 12.8. The zero-order chi connectivity index (χ0) is 16.4. The summed E-state index contributed by atoms with van der Waals surface area (Å²) in [4.78, 5) is 14.8. The summed E-state index contributed by atoms with van der Waals surface area (Å²) >= 11 is 0. The van der Waals surface area contributed by atoms with Gasteiger partial charge in [0.05, 0.1) is 12.6 Å². The maximum atomic E-state index is 12.8. The molecule has 1 amide bonds. The van der Waals surface area contributed by atoms with E-state index in [0.717, 1.165) is 13.1 Å². The molecule has 0 fully saturated rings. The molecule has 0 spiro atoms. The van der Waals surface area contributed by atoms with Gasteiger partial charge < -0.3 is 14.8 Å². The fraction of sp³-hybridized carbons (Fsp3) is 0.421. The lowest BCUT2D eigenvalue weighted by molar-refractivity contribution is -0.133. The smallest absolute Gasteiger partial charge is 0.237 e. The van der Waals surface area contributed by atoms with Gasteiger partial charge in [-0.25, -0.2) is 0 Å². The molecule has 0 saturated carbocycles. The number of carbonyl (C=O) groups is 1. The van der Waals surface area contributed by atoms with Crippen molar-refractivity contribution in [2.24, 2.45) is 0 Å². The average molecular weight is 311 g/mol. The summed E-state index contributed by atoms with van der Waals surface area (Å²) in [6.07, 6.45) is 2.11. The van der Waals surface area contributed by atoms with Crippen LogP contribution < -0.4 is 5.32 Å². The molecule has 0 bridgehead atoms. The van der Waals surface area contributed by atoms with E-state index < -0.39 is 0 Å². The van der Waals surface area contributed by atoms with E-state index in [2.05, 4.69) is 67.2 Å². The molecule has 23 heavy (non-hydrogen) atoms. The standard InChI is InChI=1S/C19H25N3O/c1-14(2)20-13-18(23)22-12-11-21-10-6-9-17(21)19(22)16-8-5-4-7-15(16)3/h4-10,14,19-20H,11-13H2,1-3H3. The number of rotatable bonds is 4. The second kappa shape index (κ2) is 6.59. The molecular weight excluding hydrogens is 286 g/mol. The third-order valence-electron chi connectivity index (χ3n) is 4.50. The quantitative estimate of drug-likeness (QED) is 0.943. The molecular formula is C19H25N3O. The summed E-state index contributed by atoms with van der Waals surface area (Å²) in [5, 5.41) is 3.25. The molecule has 0 aliphatic carbocycles. The normalized spacial score (nSPS) is 17.4. The number of amides is 1. The largest absolute Gasteiger partial charge is 0.348 e. The van der Waals surface area contributed by atoms with Crippen LogP contribution in [0.5, 0.6) is 0 Å². The Hall–Kier alpha value is -2.07. The van der Waals surface area contributed by atoms with Gasteiger partial charge in [-0.15, -0.1) is 0 Å². The molecule has 2 aromatic rings. The lowest BCUT2D eigenvalue weighted by Crippen LogP contribution is -2.46. The van der Waals surface area contributed by atoms with Crippen LogP contribution in [0.4, 0.5) is 0 Å². The minimum absolute atomic E-state index is 0.00131. The van der Waals surface area contributed by atoms with E-state index in [0.29, 0.717) is 12.6 Å². The minimum Gasteiger partial charge on any atom is -0.348 e. The van der Waals surface area contributed by atoms with Crippen LogP contribution in [0.25, 0.3) is 0 Å². The number of benzene rings is 1. The van der Waals surface area contributed by atoms with Crippen molar-refractivity contribution in [3.63, 3.8) is 0 Å². The van der Waals surface area contributed by atoms with Crippen LogP contribution in [-0.4, -0.2) is 34.5 Å². The van der Waals surface area contributed by atoms with Gasteiger partial charge in [0, 0.05) is 31.0 Å². The van der Waals surface area contributed by atoms with Crippen LogP contribution in [0.2, 0.25) is 0 Å². The summed E-state index contributed by atoms with van der Waals surface area (Å²) in [6.45, 7) is 8.24. The third-order valence-corrected chi connectivity index (χ3v) is 4.50. The topological polar surface area (TPSA) is 37.3 Å². The predicted octanol–water partition coefficient (Wildman–Crippen LogP) is 2.73. The van der Waals surface area contributed by atoms with E-state index in [4.69, 9.17) is 0 Å². The number of aromatic nitrogens is 1. The van der Waals surface area contributed by atoms with Gasteiger partial charge in [0.2, 0.25) is 5.91 Å². The monoisotopic (exact) mass is 311 g/mol. The van der Waals surface area contributed by atoms with Crippen LogP contribution in [0.15, 0.2) is 42.6 Å². The first-order valence-electron chi connectivity index (χ1n) is 8.31. The van der Waals surface area contributed by atoms with E-state index in [1.54, 1.807) is 0 Å². The first kappa shape index (κ1) is 15.8. The van der Waals surface area contributed by atoms with Crippen LogP contribution in [0.1, 0.15) is 36.7 Å². The van der Waals surface area contributed by atoms with Gasteiger partial charge in [-0.1, -0.05) is 38.1 Å². The van der Waals surface area contributed by atoms with E-state index in [9.17, 15) is 4.79 Å². The molecule has 1 aromatic carbocycles. The van der Waals surface area contributed by atoms with E-state index >= 15 is 0 Å². The van der Waals surface area contributed by atoms with Crippen LogP contribution >= 0.6 is 0 Å². The van der Waals surface area contributed by atoms with Gasteiger partial charge >= 0.3 is 0 Å². The molecule has 1 unspecified atom stereocenters. The molecule has 0 radical (unpaired) electrons. The molecule has 1 aliphatic heterocycles. The molecule has 1 aliphatic rings. The Kier molecular flexibility index (Phi) is 4.53. The second-order valence-corrected chi connectivity index (χ2v) is 6.51. The van der Waals surface area contributed by atoms with Crippen LogP contribution in [0.3, 0.4) is 0 Å². The van der Waals surface area contributed by atoms with Gasteiger partial charge in [-0.05, 0) is 30.2 Å². The van der Waals surface area contributed by atoms with E-state index in [1.807, 2.05) is 11.0 Å². The fourth-order valence-corrected chi connectivity index (χ4v) is 3.27. The Labute approximate surface area is 138 Å². The number of fused-ring (bicyclic) bond motifs is 1. The molecule has 1 N–H and O–H groups in total. The zero-order valence-corrected chi connectivity index (χ0v) is 14.1. The summed E-state index contributed by atoms with van der Waals surface area (Å²) < 4.78 is 2.26. The summed E-state index contributed by atoms with van der Waals surface area (Å²) in [5.74, 6) is 0.166. The minimum atomic E-state index is 0.00131. The van der Waals surface area contributed by atoms with Crippen molar-refractivity contribution in [2.45, 2.75) is 39.4 Å². The van der Waals surface area contributed by atoms with Gasteiger partial charge in [0.25, 0.3) is 0 Å². The van der Waals surface area contributed by atoms with Gasteiger partial charge in [-0.3, -0.25) is 4.79 Å². The van der Waals surface area contributed by atoms with Crippen molar-refractivity contribution in [2.75, 3.05) is 13.1 Å². The van der Waals surface area contributed by atoms with Crippen molar-refractivity contribution >= 4 is 5.91 Å².